The largest absolute Gasteiger partial charge is 0.477 e. The van der Waals surface area contributed by atoms with Crippen LogP contribution in [0.25, 0.3) is 0 Å². The van der Waals surface area contributed by atoms with Gasteiger partial charge in [0.25, 0.3) is 0 Å². The van der Waals surface area contributed by atoms with Crippen LogP contribution < -0.4 is 4.90 Å². The van der Waals surface area contributed by atoms with Crippen LogP contribution in [-0.2, 0) is 0 Å². The number of carbonyl (C=O) groups is 1. The number of rotatable bonds is 2. The second kappa shape index (κ2) is 5.26. The molecule has 1 N–H and O–H groups in total. The van der Waals surface area contributed by atoms with Gasteiger partial charge in [-0.2, -0.15) is 0 Å². The molecule has 0 radical (unpaired) electrons. The third-order valence-corrected chi connectivity index (χ3v) is 5.33. The van der Waals surface area contributed by atoms with Gasteiger partial charge < -0.3 is 10.0 Å². The van der Waals surface area contributed by atoms with Crippen molar-refractivity contribution in [2.75, 3.05) is 31.1 Å². The minimum absolute atomic E-state index is 0.111. The van der Waals surface area contributed by atoms with E-state index >= 15 is 0 Å². The average molecular weight is 302 g/mol. The van der Waals surface area contributed by atoms with E-state index in [-0.39, 0.29) is 10.0 Å². The zero-order valence-electron chi connectivity index (χ0n) is 10.5. The Hall–Kier alpha value is -0.850. The van der Waals surface area contributed by atoms with E-state index in [1.807, 2.05) is 0 Å². The predicted molar refractivity (Wildman–Crippen MR) is 75.5 cm³/mol. The van der Waals surface area contributed by atoms with E-state index in [1.165, 1.54) is 30.7 Å². The lowest BCUT2D eigenvalue weighted by molar-refractivity contribution is 0.0702. The quantitative estimate of drug-likeness (QED) is 0.907. The molecule has 7 heteroatoms. The minimum atomic E-state index is -0.994. The number of carboxylic acids is 1. The van der Waals surface area contributed by atoms with Crippen LogP contribution in [0.4, 0.5) is 5.13 Å². The van der Waals surface area contributed by atoms with Crippen LogP contribution >= 0.6 is 22.9 Å². The van der Waals surface area contributed by atoms with E-state index in [2.05, 4.69) is 14.8 Å². The van der Waals surface area contributed by atoms with Crippen molar-refractivity contribution in [3.8, 4) is 0 Å². The summed E-state index contributed by atoms with van der Waals surface area (Å²) in [5, 5.41) is 9.90. The summed E-state index contributed by atoms with van der Waals surface area (Å²) >= 11 is 7.07. The van der Waals surface area contributed by atoms with Gasteiger partial charge in [0, 0.05) is 25.7 Å². The number of halogens is 1. The highest BCUT2D eigenvalue weighted by Crippen LogP contribution is 2.32. The van der Waals surface area contributed by atoms with Gasteiger partial charge in [-0.3, -0.25) is 4.90 Å². The molecule has 0 aromatic carbocycles. The van der Waals surface area contributed by atoms with Gasteiger partial charge in [0.15, 0.2) is 15.2 Å². The zero-order chi connectivity index (χ0) is 13.4. The van der Waals surface area contributed by atoms with Gasteiger partial charge in [-0.15, -0.1) is 0 Å². The Morgan fingerprint density at radius 3 is 2.89 bits per heavy atom. The number of anilines is 1. The molecule has 0 spiro atoms. The van der Waals surface area contributed by atoms with Crippen molar-refractivity contribution in [3.63, 3.8) is 0 Å². The van der Waals surface area contributed by atoms with Gasteiger partial charge in [-0.1, -0.05) is 22.9 Å². The molecule has 2 aliphatic heterocycles. The summed E-state index contributed by atoms with van der Waals surface area (Å²) in [6.07, 6.45) is 3.58. The van der Waals surface area contributed by atoms with E-state index in [0.29, 0.717) is 6.04 Å². The van der Waals surface area contributed by atoms with Crippen molar-refractivity contribution in [2.45, 2.75) is 25.3 Å². The highest BCUT2D eigenvalue weighted by atomic mass is 35.5. The van der Waals surface area contributed by atoms with Crippen LogP contribution in [0, 0.1) is 0 Å². The minimum Gasteiger partial charge on any atom is -0.477 e. The number of carboxylic acid groups (broad SMARTS) is 1. The second-order valence-electron chi connectivity index (χ2n) is 5.05. The molecule has 3 heterocycles. The second-order valence-corrected chi connectivity index (χ2v) is 6.39. The molecule has 1 atom stereocenters. The Bertz CT molecular complexity index is 493. The molecular formula is C12H16ClN3O2S. The summed E-state index contributed by atoms with van der Waals surface area (Å²) in [5.74, 6) is -0.994. The van der Waals surface area contributed by atoms with Gasteiger partial charge in [0.05, 0.1) is 0 Å². The van der Waals surface area contributed by atoms with Crippen molar-refractivity contribution < 1.29 is 9.90 Å². The van der Waals surface area contributed by atoms with Gasteiger partial charge in [0.1, 0.15) is 0 Å². The molecule has 5 nitrogen and oxygen atoms in total. The first-order valence-corrected chi connectivity index (χ1v) is 7.73. The molecule has 1 unspecified atom stereocenters. The van der Waals surface area contributed by atoms with Crippen LogP contribution in [-0.4, -0.2) is 53.2 Å². The molecule has 104 valence electrons. The van der Waals surface area contributed by atoms with Gasteiger partial charge >= 0.3 is 5.97 Å². The van der Waals surface area contributed by atoms with Gasteiger partial charge in [0.2, 0.25) is 0 Å². The van der Waals surface area contributed by atoms with Gasteiger partial charge in [-0.25, -0.2) is 9.78 Å². The fourth-order valence-corrected chi connectivity index (χ4v) is 4.10. The van der Waals surface area contributed by atoms with Crippen molar-refractivity contribution in [1.29, 1.82) is 0 Å². The molecule has 1 aromatic rings. The molecule has 0 bridgehead atoms. The molecule has 3 rings (SSSR count). The maximum atomic E-state index is 11.0. The molecule has 0 amide bonds. The van der Waals surface area contributed by atoms with Crippen molar-refractivity contribution >= 4 is 34.0 Å². The van der Waals surface area contributed by atoms with E-state index in [4.69, 9.17) is 16.7 Å². The molecule has 1 aromatic heterocycles. The third kappa shape index (κ3) is 2.57. The van der Waals surface area contributed by atoms with Crippen LogP contribution in [0.15, 0.2) is 0 Å². The summed E-state index contributed by atoms with van der Waals surface area (Å²) < 4.78 is 0. The lowest BCUT2D eigenvalue weighted by Gasteiger charge is -2.25. The number of nitrogens with zero attached hydrogens (tertiary/aromatic N) is 3. The van der Waals surface area contributed by atoms with Crippen LogP contribution in [0.5, 0.6) is 0 Å². The summed E-state index contributed by atoms with van der Waals surface area (Å²) in [6.45, 7) is 4.18. The third-order valence-electron chi connectivity index (χ3n) is 3.84. The smallest absolute Gasteiger partial charge is 0.349 e. The number of hydrogen-bond acceptors (Lipinski definition) is 5. The summed E-state index contributed by atoms with van der Waals surface area (Å²) in [5.41, 5.74) is 0. The summed E-state index contributed by atoms with van der Waals surface area (Å²) in [7, 11) is 0. The number of aromatic nitrogens is 1. The molecule has 19 heavy (non-hydrogen) atoms. The van der Waals surface area contributed by atoms with E-state index in [0.717, 1.165) is 31.2 Å². The number of hydrogen-bond donors (Lipinski definition) is 1. The normalized spacial score (nSPS) is 24.3. The lowest BCUT2D eigenvalue weighted by atomic mass is 10.2. The fraction of sp³-hybridized carbons (Fsp3) is 0.667. The molecule has 2 fully saturated rings. The fourth-order valence-electron chi connectivity index (χ4n) is 2.94. The first kappa shape index (κ1) is 13.1. The molecule has 0 aliphatic carbocycles. The molecule has 2 saturated heterocycles. The van der Waals surface area contributed by atoms with Gasteiger partial charge in [-0.05, 0) is 25.8 Å². The van der Waals surface area contributed by atoms with E-state index in [1.54, 1.807) is 0 Å². The van der Waals surface area contributed by atoms with E-state index < -0.39 is 5.97 Å². The molecule has 0 saturated carbocycles. The molecular weight excluding hydrogens is 286 g/mol. The average Bonchev–Trinajstić information content (AvgIpc) is 2.91. The van der Waals surface area contributed by atoms with Crippen LogP contribution in [0.2, 0.25) is 5.15 Å². The Balaban J connectivity index is 1.81. The van der Waals surface area contributed by atoms with Crippen molar-refractivity contribution in [2.24, 2.45) is 0 Å². The summed E-state index contributed by atoms with van der Waals surface area (Å²) in [6, 6.07) is 0.582. The number of thiazole rings is 1. The Morgan fingerprint density at radius 2 is 2.16 bits per heavy atom. The van der Waals surface area contributed by atoms with Crippen LogP contribution in [0.1, 0.15) is 28.9 Å². The maximum absolute atomic E-state index is 11.0. The Labute approximate surface area is 120 Å². The van der Waals surface area contributed by atoms with Crippen molar-refractivity contribution in [1.82, 2.24) is 9.88 Å². The SMILES string of the molecule is O=C(O)c1sc(N2CCCN3CCCC3C2)nc1Cl. The Kier molecular flexibility index (Phi) is 3.64. The number of aromatic carboxylic acids is 1. The number of fused-ring (bicyclic) bond motifs is 1. The van der Waals surface area contributed by atoms with E-state index in [9.17, 15) is 4.79 Å². The zero-order valence-corrected chi connectivity index (χ0v) is 12.1. The first-order chi connectivity index (χ1) is 9.15. The van der Waals surface area contributed by atoms with Crippen LogP contribution in [0.3, 0.4) is 0 Å². The topological polar surface area (TPSA) is 56.7 Å². The monoisotopic (exact) mass is 301 g/mol. The molecule has 2 aliphatic rings. The predicted octanol–water partition coefficient (Wildman–Crippen LogP) is 2.17. The Morgan fingerprint density at radius 1 is 1.37 bits per heavy atom. The highest BCUT2D eigenvalue weighted by Gasteiger charge is 2.30. The summed E-state index contributed by atoms with van der Waals surface area (Å²) in [4.78, 5) is 20.1. The first-order valence-electron chi connectivity index (χ1n) is 6.54. The van der Waals surface area contributed by atoms with Crippen molar-refractivity contribution in [3.05, 3.63) is 10.0 Å². The highest BCUT2D eigenvalue weighted by molar-refractivity contribution is 7.18. The standard InChI is InChI=1S/C12H16ClN3O2S/c13-10-9(11(17)18)19-12(14-10)16-6-2-5-15-4-1-3-8(15)7-16/h8H,1-7H2,(H,17,18). The lowest BCUT2D eigenvalue weighted by Crippen LogP contribution is -2.36. The maximum Gasteiger partial charge on any atom is 0.349 e.